The van der Waals surface area contributed by atoms with Crippen molar-refractivity contribution in [2.75, 3.05) is 11.1 Å². The molecule has 1 amide bonds. The summed E-state index contributed by atoms with van der Waals surface area (Å²) < 4.78 is 0. The number of amides is 1. The van der Waals surface area contributed by atoms with Crippen molar-refractivity contribution < 1.29 is 9.59 Å². The van der Waals surface area contributed by atoms with Crippen molar-refractivity contribution in [2.45, 2.75) is 13.8 Å². The number of nitrogens with two attached hydrogens (primary N) is 2. The fraction of sp³-hybridized carbons (Fsp3) is 0.100. The third-order valence-electron chi connectivity index (χ3n) is 4.10. The van der Waals surface area contributed by atoms with Crippen LogP contribution in [0.5, 0.6) is 0 Å². The van der Waals surface area contributed by atoms with E-state index >= 15 is 0 Å². The van der Waals surface area contributed by atoms with Gasteiger partial charge in [0.1, 0.15) is 9.88 Å². The molecule has 1 aromatic heterocycles. The summed E-state index contributed by atoms with van der Waals surface area (Å²) in [4.78, 5) is 25.1. The largest absolute Gasteiger partial charge is 0.397 e. The van der Waals surface area contributed by atoms with Crippen LogP contribution < -0.4 is 16.8 Å². The number of anilines is 3. The summed E-state index contributed by atoms with van der Waals surface area (Å²) in [7, 11) is 0. The maximum Gasteiger partial charge on any atom is 0.253 e. The van der Waals surface area contributed by atoms with Crippen molar-refractivity contribution in [3.63, 3.8) is 0 Å². The zero-order valence-corrected chi connectivity index (χ0v) is 15.3. The average molecular weight is 365 g/mol. The number of nitrogen functional groups attached to an aromatic ring is 1. The number of thiophene rings is 1. The summed E-state index contributed by atoms with van der Waals surface area (Å²) in [6.45, 7) is 3.89. The summed E-state index contributed by atoms with van der Waals surface area (Å²) in [6.07, 6.45) is 0. The summed E-state index contributed by atoms with van der Waals surface area (Å²) in [5, 5.41) is 3.66. The maximum atomic E-state index is 12.8. The van der Waals surface area contributed by atoms with E-state index in [0.717, 1.165) is 28.2 Å². The Morgan fingerprint density at radius 3 is 2.27 bits per heavy atom. The predicted molar refractivity (Wildman–Crippen MR) is 106 cm³/mol. The van der Waals surface area contributed by atoms with E-state index in [1.165, 1.54) is 0 Å². The summed E-state index contributed by atoms with van der Waals surface area (Å²) in [5.74, 6) is -0.898. The first-order valence-electron chi connectivity index (χ1n) is 8.04. The average Bonchev–Trinajstić information content (AvgIpc) is 2.93. The molecule has 0 fully saturated rings. The minimum absolute atomic E-state index is 0.115. The van der Waals surface area contributed by atoms with Gasteiger partial charge in [-0.3, -0.25) is 9.59 Å². The monoisotopic (exact) mass is 365 g/mol. The molecular formula is C20H19N3O2S. The van der Waals surface area contributed by atoms with Gasteiger partial charge in [0.25, 0.3) is 5.91 Å². The Kier molecular flexibility index (Phi) is 4.77. The Balaban J connectivity index is 2.05. The molecule has 132 valence electrons. The van der Waals surface area contributed by atoms with Crippen molar-refractivity contribution in [1.29, 1.82) is 0 Å². The number of benzene rings is 2. The Morgan fingerprint density at radius 2 is 1.65 bits per heavy atom. The second-order valence-corrected chi connectivity index (χ2v) is 7.07. The summed E-state index contributed by atoms with van der Waals surface area (Å²) >= 11 is 1.14. The Labute approximate surface area is 155 Å². The van der Waals surface area contributed by atoms with E-state index in [2.05, 4.69) is 5.32 Å². The number of hydrogen-bond acceptors (Lipinski definition) is 5. The molecule has 5 nitrogen and oxygen atoms in total. The summed E-state index contributed by atoms with van der Waals surface area (Å²) in [5.41, 5.74) is 15.3. The molecule has 0 atom stereocenters. The maximum absolute atomic E-state index is 12.8. The van der Waals surface area contributed by atoms with Crippen molar-refractivity contribution in [3.8, 4) is 0 Å². The highest BCUT2D eigenvalue weighted by molar-refractivity contribution is 7.19. The van der Waals surface area contributed by atoms with E-state index in [1.54, 1.807) is 12.1 Å². The number of hydrogen-bond donors (Lipinski definition) is 3. The molecule has 0 bridgehead atoms. The van der Waals surface area contributed by atoms with Crippen LogP contribution in [0.1, 0.15) is 36.7 Å². The van der Waals surface area contributed by atoms with E-state index in [0.29, 0.717) is 15.4 Å². The van der Waals surface area contributed by atoms with Gasteiger partial charge in [0, 0.05) is 11.3 Å². The Morgan fingerprint density at radius 1 is 1.00 bits per heavy atom. The van der Waals surface area contributed by atoms with Crippen LogP contribution in [0.3, 0.4) is 0 Å². The lowest BCUT2D eigenvalue weighted by molar-refractivity contribution is 0.100. The standard InChI is InChI=1S/C20H19N3O2S/c1-11-7-9-13(10-8-11)17(24)18-16(21)15(19(22)25)20(26-18)23-14-6-4-3-5-12(14)2/h3-10,23H,21H2,1-2H3,(H2,22,25). The number of carbonyl (C=O) groups excluding carboxylic acids is 2. The first kappa shape index (κ1) is 17.7. The van der Waals surface area contributed by atoms with Gasteiger partial charge >= 0.3 is 0 Å². The van der Waals surface area contributed by atoms with E-state index < -0.39 is 5.91 Å². The van der Waals surface area contributed by atoms with Crippen molar-refractivity contribution in [3.05, 3.63) is 75.7 Å². The number of nitrogens with one attached hydrogen (secondary N) is 1. The van der Waals surface area contributed by atoms with Gasteiger partial charge in [-0.1, -0.05) is 48.0 Å². The molecule has 1 heterocycles. The number of primary amides is 1. The van der Waals surface area contributed by atoms with Gasteiger partial charge in [-0.2, -0.15) is 0 Å². The van der Waals surface area contributed by atoms with Gasteiger partial charge in [-0.05, 0) is 25.5 Å². The fourth-order valence-electron chi connectivity index (χ4n) is 2.62. The van der Waals surface area contributed by atoms with Crippen LogP contribution in [0.2, 0.25) is 0 Å². The van der Waals surface area contributed by atoms with Crippen LogP contribution in [-0.2, 0) is 0 Å². The zero-order chi connectivity index (χ0) is 18.8. The predicted octanol–water partition coefficient (Wildman–Crippen LogP) is 4.02. The summed E-state index contributed by atoms with van der Waals surface area (Å²) in [6, 6.07) is 14.8. The van der Waals surface area contributed by atoms with Gasteiger partial charge in [-0.25, -0.2) is 0 Å². The highest BCUT2D eigenvalue weighted by Gasteiger charge is 2.25. The molecule has 0 aliphatic rings. The van der Waals surface area contributed by atoms with E-state index in [1.807, 2.05) is 50.2 Å². The third-order valence-corrected chi connectivity index (χ3v) is 5.22. The molecule has 0 saturated heterocycles. The zero-order valence-electron chi connectivity index (χ0n) is 14.5. The number of ketones is 1. The molecular weight excluding hydrogens is 346 g/mol. The lowest BCUT2D eigenvalue weighted by Crippen LogP contribution is -2.14. The highest BCUT2D eigenvalue weighted by Crippen LogP contribution is 2.39. The molecule has 0 aliphatic carbocycles. The van der Waals surface area contributed by atoms with Gasteiger partial charge in [0.05, 0.1) is 11.3 Å². The molecule has 0 unspecified atom stereocenters. The van der Waals surface area contributed by atoms with Gasteiger partial charge in [-0.15, -0.1) is 11.3 Å². The van der Waals surface area contributed by atoms with Gasteiger partial charge in [0.15, 0.2) is 0 Å². The minimum Gasteiger partial charge on any atom is -0.397 e. The van der Waals surface area contributed by atoms with Crippen LogP contribution in [0.4, 0.5) is 16.4 Å². The second kappa shape index (κ2) is 7.01. The second-order valence-electron chi connectivity index (χ2n) is 6.05. The normalized spacial score (nSPS) is 10.5. The SMILES string of the molecule is Cc1ccc(C(=O)c2sc(Nc3ccccc3C)c(C(N)=O)c2N)cc1. The van der Waals surface area contributed by atoms with E-state index in [-0.39, 0.29) is 17.0 Å². The van der Waals surface area contributed by atoms with Crippen LogP contribution in [0.15, 0.2) is 48.5 Å². The Bertz CT molecular complexity index is 991. The quantitative estimate of drug-likeness (QED) is 0.595. The van der Waals surface area contributed by atoms with Crippen LogP contribution in [0.25, 0.3) is 0 Å². The molecule has 6 heteroatoms. The Hall–Kier alpha value is -3.12. The fourth-order valence-corrected chi connectivity index (χ4v) is 3.72. The van der Waals surface area contributed by atoms with Gasteiger partial charge in [0.2, 0.25) is 5.78 Å². The molecule has 5 N–H and O–H groups in total. The number of rotatable bonds is 5. The molecule has 0 aliphatic heterocycles. The highest BCUT2D eigenvalue weighted by atomic mass is 32.1. The minimum atomic E-state index is -0.669. The molecule has 26 heavy (non-hydrogen) atoms. The lowest BCUT2D eigenvalue weighted by Gasteiger charge is -2.08. The van der Waals surface area contributed by atoms with Crippen molar-refractivity contribution in [1.82, 2.24) is 0 Å². The van der Waals surface area contributed by atoms with Gasteiger partial charge < -0.3 is 16.8 Å². The molecule has 3 rings (SSSR count). The first-order valence-corrected chi connectivity index (χ1v) is 8.86. The molecule has 0 spiro atoms. The van der Waals surface area contributed by atoms with Crippen LogP contribution >= 0.6 is 11.3 Å². The smallest absolute Gasteiger partial charge is 0.253 e. The number of carbonyl (C=O) groups is 2. The first-order chi connectivity index (χ1) is 12.4. The van der Waals surface area contributed by atoms with E-state index in [9.17, 15) is 9.59 Å². The molecule has 3 aromatic rings. The molecule has 0 saturated carbocycles. The number of para-hydroxylation sites is 1. The molecule has 2 aromatic carbocycles. The van der Waals surface area contributed by atoms with Crippen molar-refractivity contribution >= 4 is 39.4 Å². The topological polar surface area (TPSA) is 98.2 Å². The van der Waals surface area contributed by atoms with Crippen molar-refractivity contribution in [2.24, 2.45) is 5.73 Å². The van der Waals surface area contributed by atoms with E-state index in [4.69, 9.17) is 11.5 Å². The molecule has 0 radical (unpaired) electrons. The number of aryl methyl sites for hydroxylation is 2. The third kappa shape index (κ3) is 3.32. The van der Waals surface area contributed by atoms with Crippen LogP contribution in [-0.4, -0.2) is 11.7 Å². The lowest BCUT2D eigenvalue weighted by atomic mass is 10.1. The van der Waals surface area contributed by atoms with Crippen LogP contribution in [0, 0.1) is 13.8 Å².